The molecule has 4 heteroatoms. The summed E-state index contributed by atoms with van der Waals surface area (Å²) in [7, 11) is 1.73. The van der Waals surface area contributed by atoms with E-state index in [2.05, 4.69) is 30.9 Å². The molecular weight excluding hydrogens is 260 g/mol. The lowest BCUT2D eigenvalue weighted by Crippen LogP contribution is -2.54. The fourth-order valence-electron chi connectivity index (χ4n) is 2.37. The second kappa shape index (κ2) is 7.85. The van der Waals surface area contributed by atoms with Crippen LogP contribution in [0.5, 0.6) is 0 Å². The van der Waals surface area contributed by atoms with Crippen molar-refractivity contribution < 1.29 is 4.74 Å². The summed E-state index contributed by atoms with van der Waals surface area (Å²) in [5.74, 6) is 0. The Balaban J connectivity index is 2.79. The molecule has 0 fully saturated rings. The predicted octanol–water partition coefficient (Wildman–Crippen LogP) is 2.57. The molecule has 0 bridgehead atoms. The maximum absolute atomic E-state index is 6.02. The number of ether oxygens (including phenoxy) is 1. The highest BCUT2D eigenvalue weighted by molar-refractivity contribution is 6.30. The first-order chi connectivity index (χ1) is 9.05. The van der Waals surface area contributed by atoms with E-state index in [-0.39, 0.29) is 5.54 Å². The third-order valence-electron chi connectivity index (χ3n) is 3.65. The zero-order chi connectivity index (χ0) is 14.3. The second-order valence-electron chi connectivity index (χ2n) is 5.08. The molecule has 0 amide bonds. The van der Waals surface area contributed by atoms with Crippen LogP contribution in [-0.2, 0) is 11.2 Å². The SMILES string of the molecule is CCN(CCOC)C(C)(CN)Cc1ccc(Cl)cc1. The van der Waals surface area contributed by atoms with E-state index in [1.165, 1.54) is 5.56 Å². The van der Waals surface area contributed by atoms with Crippen LogP contribution < -0.4 is 5.73 Å². The van der Waals surface area contributed by atoms with Crippen molar-refractivity contribution in [3.8, 4) is 0 Å². The minimum Gasteiger partial charge on any atom is -0.383 e. The zero-order valence-corrected chi connectivity index (χ0v) is 12.9. The molecule has 108 valence electrons. The summed E-state index contributed by atoms with van der Waals surface area (Å²) in [4.78, 5) is 2.38. The lowest BCUT2D eigenvalue weighted by Gasteiger charge is -2.40. The Morgan fingerprint density at radius 1 is 1.32 bits per heavy atom. The van der Waals surface area contributed by atoms with Gasteiger partial charge in [-0.3, -0.25) is 4.90 Å². The van der Waals surface area contributed by atoms with Crippen molar-refractivity contribution in [3.05, 3.63) is 34.9 Å². The third-order valence-corrected chi connectivity index (χ3v) is 3.90. The summed E-state index contributed by atoms with van der Waals surface area (Å²) in [6.45, 7) is 7.57. The van der Waals surface area contributed by atoms with Crippen molar-refractivity contribution in [1.82, 2.24) is 4.90 Å². The lowest BCUT2D eigenvalue weighted by molar-refractivity contribution is 0.0754. The van der Waals surface area contributed by atoms with Gasteiger partial charge in [-0.25, -0.2) is 0 Å². The van der Waals surface area contributed by atoms with Gasteiger partial charge < -0.3 is 10.5 Å². The molecular formula is C15H25ClN2O. The predicted molar refractivity (Wildman–Crippen MR) is 81.7 cm³/mol. The summed E-state index contributed by atoms with van der Waals surface area (Å²) in [5, 5.41) is 0.768. The third kappa shape index (κ3) is 4.77. The summed E-state index contributed by atoms with van der Waals surface area (Å²) < 4.78 is 5.18. The highest BCUT2D eigenvalue weighted by Gasteiger charge is 2.29. The zero-order valence-electron chi connectivity index (χ0n) is 12.2. The van der Waals surface area contributed by atoms with Crippen molar-refractivity contribution in [1.29, 1.82) is 0 Å². The standard InChI is InChI=1S/C15H25ClN2O/c1-4-18(9-10-19-3)15(2,12-17)11-13-5-7-14(16)8-6-13/h5-8H,4,9-12,17H2,1-3H3. The van der Waals surface area contributed by atoms with Crippen LogP contribution in [0.25, 0.3) is 0 Å². The van der Waals surface area contributed by atoms with Gasteiger partial charge in [0.1, 0.15) is 0 Å². The smallest absolute Gasteiger partial charge is 0.0589 e. The van der Waals surface area contributed by atoms with Crippen molar-refractivity contribution in [2.75, 3.05) is 33.4 Å². The van der Waals surface area contributed by atoms with Gasteiger partial charge in [0, 0.05) is 30.8 Å². The monoisotopic (exact) mass is 284 g/mol. The summed E-state index contributed by atoms with van der Waals surface area (Å²) in [5.41, 5.74) is 7.23. The number of nitrogens with two attached hydrogens (primary N) is 1. The highest BCUT2D eigenvalue weighted by Crippen LogP contribution is 2.21. The maximum atomic E-state index is 6.02. The van der Waals surface area contributed by atoms with E-state index >= 15 is 0 Å². The van der Waals surface area contributed by atoms with E-state index < -0.39 is 0 Å². The normalized spacial score (nSPS) is 14.6. The van der Waals surface area contributed by atoms with Gasteiger partial charge in [0.2, 0.25) is 0 Å². The Hall–Kier alpha value is -0.610. The van der Waals surface area contributed by atoms with Crippen LogP contribution in [0.4, 0.5) is 0 Å². The number of likely N-dealkylation sites (N-methyl/N-ethyl adjacent to an activating group) is 1. The Kier molecular flexibility index (Phi) is 6.80. The average molecular weight is 285 g/mol. The number of benzene rings is 1. The van der Waals surface area contributed by atoms with Crippen molar-refractivity contribution in [3.63, 3.8) is 0 Å². The number of hydrogen-bond donors (Lipinski definition) is 1. The molecule has 0 heterocycles. The van der Waals surface area contributed by atoms with Crippen molar-refractivity contribution >= 4 is 11.6 Å². The van der Waals surface area contributed by atoms with Crippen LogP contribution in [0.3, 0.4) is 0 Å². The first-order valence-corrected chi connectivity index (χ1v) is 7.12. The van der Waals surface area contributed by atoms with E-state index in [1.54, 1.807) is 7.11 Å². The fourth-order valence-corrected chi connectivity index (χ4v) is 2.49. The van der Waals surface area contributed by atoms with Crippen LogP contribution in [0.2, 0.25) is 5.02 Å². The van der Waals surface area contributed by atoms with E-state index in [0.717, 1.165) is 31.1 Å². The van der Waals surface area contributed by atoms with Gasteiger partial charge in [0.15, 0.2) is 0 Å². The van der Waals surface area contributed by atoms with Crippen LogP contribution in [0.1, 0.15) is 19.4 Å². The molecule has 0 spiro atoms. The van der Waals surface area contributed by atoms with Gasteiger partial charge in [0.25, 0.3) is 0 Å². The Bertz CT molecular complexity index is 369. The molecule has 1 aromatic carbocycles. The molecule has 0 aliphatic rings. The van der Waals surface area contributed by atoms with Gasteiger partial charge in [0.05, 0.1) is 6.61 Å². The van der Waals surface area contributed by atoms with Crippen molar-refractivity contribution in [2.45, 2.75) is 25.8 Å². The van der Waals surface area contributed by atoms with Gasteiger partial charge in [-0.1, -0.05) is 30.7 Å². The molecule has 0 radical (unpaired) electrons. The van der Waals surface area contributed by atoms with E-state index in [0.29, 0.717) is 6.54 Å². The molecule has 0 aliphatic carbocycles. The highest BCUT2D eigenvalue weighted by atomic mass is 35.5. The van der Waals surface area contributed by atoms with E-state index in [1.807, 2.05) is 12.1 Å². The first-order valence-electron chi connectivity index (χ1n) is 6.74. The van der Waals surface area contributed by atoms with Crippen LogP contribution in [-0.4, -0.2) is 43.8 Å². The fraction of sp³-hybridized carbons (Fsp3) is 0.600. The van der Waals surface area contributed by atoms with Gasteiger partial charge in [-0.15, -0.1) is 0 Å². The molecule has 1 rings (SSSR count). The first kappa shape index (κ1) is 16.4. The molecule has 1 unspecified atom stereocenters. The van der Waals surface area contributed by atoms with Crippen LogP contribution in [0.15, 0.2) is 24.3 Å². The molecule has 0 aliphatic heterocycles. The van der Waals surface area contributed by atoms with Gasteiger partial charge >= 0.3 is 0 Å². The topological polar surface area (TPSA) is 38.5 Å². The molecule has 3 nitrogen and oxygen atoms in total. The Labute approximate surface area is 121 Å². The summed E-state index contributed by atoms with van der Waals surface area (Å²) in [6.07, 6.45) is 0.915. The number of hydrogen-bond acceptors (Lipinski definition) is 3. The Morgan fingerprint density at radius 3 is 2.42 bits per heavy atom. The number of methoxy groups -OCH3 is 1. The minimum atomic E-state index is -0.0545. The molecule has 1 atom stereocenters. The quantitative estimate of drug-likeness (QED) is 0.797. The van der Waals surface area contributed by atoms with E-state index in [4.69, 9.17) is 22.1 Å². The maximum Gasteiger partial charge on any atom is 0.0589 e. The van der Waals surface area contributed by atoms with Crippen LogP contribution >= 0.6 is 11.6 Å². The minimum absolute atomic E-state index is 0.0545. The number of rotatable bonds is 8. The molecule has 19 heavy (non-hydrogen) atoms. The number of halogens is 1. The largest absolute Gasteiger partial charge is 0.383 e. The molecule has 0 aromatic heterocycles. The van der Waals surface area contributed by atoms with Crippen LogP contribution in [0, 0.1) is 0 Å². The molecule has 0 saturated heterocycles. The average Bonchev–Trinajstić information content (AvgIpc) is 2.42. The summed E-state index contributed by atoms with van der Waals surface area (Å²) in [6, 6.07) is 8.00. The number of nitrogens with zero attached hydrogens (tertiary/aromatic N) is 1. The van der Waals surface area contributed by atoms with Gasteiger partial charge in [-0.2, -0.15) is 0 Å². The summed E-state index contributed by atoms with van der Waals surface area (Å²) >= 11 is 5.92. The van der Waals surface area contributed by atoms with E-state index in [9.17, 15) is 0 Å². The molecule has 1 aromatic rings. The second-order valence-corrected chi connectivity index (χ2v) is 5.51. The molecule has 2 N–H and O–H groups in total. The Morgan fingerprint density at radius 2 is 1.95 bits per heavy atom. The lowest BCUT2D eigenvalue weighted by atomic mass is 9.90. The van der Waals surface area contributed by atoms with Gasteiger partial charge in [-0.05, 0) is 37.6 Å². The molecule has 0 saturated carbocycles. The van der Waals surface area contributed by atoms with Crippen molar-refractivity contribution in [2.24, 2.45) is 5.73 Å².